The van der Waals surface area contributed by atoms with Crippen LogP contribution >= 0.6 is 23.4 Å². The minimum Gasteiger partial charge on any atom is -0.248 e. The van der Waals surface area contributed by atoms with Crippen LogP contribution < -0.4 is 0 Å². The molecule has 1 heterocycles. The number of thioether (sulfide) groups is 1. The van der Waals surface area contributed by atoms with E-state index in [0.29, 0.717) is 5.88 Å². The zero-order valence-corrected chi connectivity index (χ0v) is 11.9. The van der Waals surface area contributed by atoms with Gasteiger partial charge in [-0.05, 0) is 36.8 Å². The summed E-state index contributed by atoms with van der Waals surface area (Å²) in [7, 11) is 0. The molecular formula is C13H16ClN3S. The minimum absolute atomic E-state index is 0.670. The highest BCUT2D eigenvalue weighted by Crippen LogP contribution is 2.15. The molecule has 0 bridgehead atoms. The van der Waals surface area contributed by atoms with Gasteiger partial charge in [0, 0.05) is 17.0 Å². The third kappa shape index (κ3) is 3.75. The molecule has 0 fully saturated rings. The topological polar surface area (TPSA) is 30.7 Å². The Hall–Kier alpha value is -1.00. The molecule has 0 aliphatic heterocycles. The van der Waals surface area contributed by atoms with E-state index in [0.717, 1.165) is 25.1 Å². The molecule has 0 amide bonds. The van der Waals surface area contributed by atoms with Crippen molar-refractivity contribution in [3.8, 4) is 0 Å². The smallest absolute Gasteiger partial charge is 0.0827 e. The van der Waals surface area contributed by atoms with Crippen molar-refractivity contribution < 1.29 is 0 Å². The van der Waals surface area contributed by atoms with Gasteiger partial charge in [-0.25, -0.2) is 4.68 Å². The molecule has 0 aliphatic carbocycles. The maximum Gasteiger partial charge on any atom is 0.0827 e. The summed E-state index contributed by atoms with van der Waals surface area (Å²) in [6.45, 7) is 0.766. The Bertz CT molecular complexity index is 481. The Balaban J connectivity index is 1.97. The number of alkyl halides is 1. The van der Waals surface area contributed by atoms with Gasteiger partial charge in [0.2, 0.25) is 0 Å². The van der Waals surface area contributed by atoms with E-state index in [2.05, 4.69) is 40.8 Å². The van der Waals surface area contributed by atoms with Gasteiger partial charge in [0.25, 0.3) is 0 Å². The van der Waals surface area contributed by atoms with Crippen molar-refractivity contribution in [2.24, 2.45) is 0 Å². The number of hydrogen-bond donors (Lipinski definition) is 0. The third-order valence-electron chi connectivity index (χ3n) is 2.66. The number of halogens is 1. The molecule has 1 aromatic heterocycles. The van der Waals surface area contributed by atoms with E-state index < -0.39 is 0 Å². The van der Waals surface area contributed by atoms with E-state index in [9.17, 15) is 0 Å². The lowest BCUT2D eigenvalue weighted by molar-refractivity contribution is 0.649. The van der Waals surface area contributed by atoms with Crippen LogP contribution in [0, 0.1) is 0 Å². The van der Waals surface area contributed by atoms with Crippen LogP contribution in [0.1, 0.15) is 17.7 Å². The maximum absolute atomic E-state index is 5.66. The first-order valence-electron chi connectivity index (χ1n) is 5.89. The van der Waals surface area contributed by atoms with Gasteiger partial charge in [-0.15, -0.1) is 28.5 Å². The maximum atomic E-state index is 5.66. The van der Waals surface area contributed by atoms with E-state index in [1.807, 2.05) is 10.9 Å². The van der Waals surface area contributed by atoms with E-state index >= 15 is 0 Å². The van der Waals surface area contributed by atoms with Crippen LogP contribution in [0.2, 0.25) is 0 Å². The number of aromatic nitrogens is 3. The van der Waals surface area contributed by atoms with Crippen molar-refractivity contribution in [3.63, 3.8) is 0 Å². The molecule has 3 nitrogen and oxygen atoms in total. The monoisotopic (exact) mass is 281 g/mol. The lowest BCUT2D eigenvalue weighted by Gasteiger charge is -2.02. The second-order valence-corrected chi connectivity index (χ2v) is 5.31. The summed E-state index contributed by atoms with van der Waals surface area (Å²) in [5, 5.41) is 8.26. The first-order valence-corrected chi connectivity index (χ1v) is 7.65. The zero-order chi connectivity index (χ0) is 12.8. The number of nitrogens with zero attached hydrogens (tertiary/aromatic N) is 3. The molecular weight excluding hydrogens is 266 g/mol. The molecule has 0 spiro atoms. The fourth-order valence-electron chi connectivity index (χ4n) is 1.70. The van der Waals surface area contributed by atoms with Crippen LogP contribution in [0.3, 0.4) is 0 Å². The lowest BCUT2D eigenvalue weighted by Crippen LogP contribution is -2.00. The minimum atomic E-state index is 0.670. The highest BCUT2D eigenvalue weighted by molar-refractivity contribution is 7.98. The molecule has 0 radical (unpaired) electrons. The van der Waals surface area contributed by atoms with Crippen LogP contribution in [0.15, 0.2) is 35.4 Å². The largest absolute Gasteiger partial charge is 0.248 e. The molecule has 2 rings (SSSR count). The summed E-state index contributed by atoms with van der Waals surface area (Å²) in [6.07, 6.45) is 5.92. The fraction of sp³-hybridized carbons (Fsp3) is 0.385. The number of hydrogen-bond acceptors (Lipinski definition) is 3. The van der Waals surface area contributed by atoms with Gasteiger partial charge in [0.15, 0.2) is 0 Å². The third-order valence-corrected chi connectivity index (χ3v) is 3.67. The van der Waals surface area contributed by atoms with Crippen molar-refractivity contribution in [1.29, 1.82) is 0 Å². The molecule has 1 aromatic carbocycles. The highest BCUT2D eigenvalue weighted by Gasteiger charge is 2.01. The quantitative estimate of drug-likeness (QED) is 0.602. The first kappa shape index (κ1) is 13.4. The number of rotatable bonds is 6. The molecule has 0 atom stereocenters. The van der Waals surface area contributed by atoms with Gasteiger partial charge < -0.3 is 0 Å². The van der Waals surface area contributed by atoms with E-state index in [1.165, 1.54) is 10.5 Å². The summed E-state index contributed by atoms with van der Waals surface area (Å²) >= 11 is 7.41. The van der Waals surface area contributed by atoms with Crippen molar-refractivity contribution in [1.82, 2.24) is 15.0 Å². The van der Waals surface area contributed by atoms with Crippen molar-refractivity contribution in [2.45, 2.75) is 24.3 Å². The molecule has 18 heavy (non-hydrogen) atoms. The Morgan fingerprint density at radius 3 is 2.72 bits per heavy atom. The van der Waals surface area contributed by atoms with Crippen molar-refractivity contribution in [3.05, 3.63) is 41.7 Å². The standard InChI is InChI=1S/C13H16ClN3S/c1-18-13-6-4-11(5-7-13)9-17-10-12(15-16-17)3-2-8-14/h4-7,10H,2-3,8-9H2,1H3. The predicted octanol–water partition coefficient (Wildman–Crippen LogP) is 3.22. The molecule has 0 saturated heterocycles. The van der Waals surface area contributed by atoms with Crippen LogP contribution in [-0.4, -0.2) is 27.1 Å². The normalized spacial score (nSPS) is 10.8. The molecule has 0 N–H and O–H groups in total. The highest BCUT2D eigenvalue weighted by atomic mass is 35.5. The van der Waals surface area contributed by atoms with Crippen LogP contribution in [-0.2, 0) is 13.0 Å². The van der Waals surface area contributed by atoms with Gasteiger partial charge in [-0.1, -0.05) is 17.3 Å². The van der Waals surface area contributed by atoms with Gasteiger partial charge in [-0.3, -0.25) is 0 Å². The Morgan fingerprint density at radius 2 is 2.06 bits per heavy atom. The van der Waals surface area contributed by atoms with Crippen LogP contribution in [0.5, 0.6) is 0 Å². The SMILES string of the molecule is CSc1ccc(Cn2cc(CCCCl)nn2)cc1. The van der Waals surface area contributed by atoms with Crippen molar-refractivity contribution >= 4 is 23.4 Å². The summed E-state index contributed by atoms with van der Waals surface area (Å²) in [6, 6.07) is 8.52. The second-order valence-electron chi connectivity index (χ2n) is 4.05. The van der Waals surface area contributed by atoms with E-state index in [4.69, 9.17) is 11.6 Å². The number of benzene rings is 1. The Morgan fingerprint density at radius 1 is 1.28 bits per heavy atom. The summed E-state index contributed by atoms with van der Waals surface area (Å²) in [4.78, 5) is 1.28. The Labute approximate surface area is 117 Å². The van der Waals surface area contributed by atoms with Crippen LogP contribution in [0.25, 0.3) is 0 Å². The van der Waals surface area contributed by atoms with E-state index in [-0.39, 0.29) is 0 Å². The van der Waals surface area contributed by atoms with Gasteiger partial charge in [-0.2, -0.15) is 0 Å². The average molecular weight is 282 g/mol. The van der Waals surface area contributed by atoms with Gasteiger partial charge in [0.05, 0.1) is 12.2 Å². The number of aryl methyl sites for hydroxylation is 1. The van der Waals surface area contributed by atoms with Gasteiger partial charge >= 0.3 is 0 Å². The summed E-state index contributed by atoms with van der Waals surface area (Å²) in [5.74, 6) is 0.670. The molecule has 0 saturated carbocycles. The zero-order valence-electron chi connectivity index (χ0n) is 10.3. The molecule has 2 aromatic rings. The fourth-order valence-corrected chi connectivity index (χ4v) is 2.24. The van der Waals surface area contributed by atoms with Crippen molar-refractivity contribution in [2.75, 3.05) is 12.1 Å². The van der Waals surface area contributed by atoms with E-state index in [1.54, 1.807) is 11.8 Å². The molecule has 0 unspecified atom stereocenters. The molecule has 5 heteroatoms. The lowest BCUT2D eigenvalue weighted by atomic mass is 10.2. The predicted molar refractivity (Wildman–Crippen MR) is 76.4 cm³/mol. The summed E-state index contributed by atoms with van der Waals surface area (Å²) < 4.78 is 1.87. The second kappa shape index (κ2) is 6.81. The van der Waals surface area contributed by atoms with Gasteiger partial charge in [0.1, 0.15) is 0 Å². The van der Waals surface area contributed by atoms with Crippen LogP contribution in [0.4, 0.5) is 0 Å². The average Bonchev–Trinajstić information content (AvgIpc) is 2.85. The summed E-state index contributed by atoms with van der Waals surface area (Å²) in [5.41, 5.74) is 2.25. The molecule has 96 valence electrons. The first-order chi connectivity index (χ1) is 8.81. The molecule has 0 aliphatic rings. The Kier molecular flexibility index (Phi) is 5.08.